The van der Waals surface area contributed by atoms with Gasteiger partial charge in [-0.15, -0.1) is 12.4 Å². The smallest absolute Gasteiger partial charge is 0.222 e. The molecule has 0 spiro atoms. The Kier molecular flexibility index (Phi) is 9.13. The minimum atomic E-state index is 0. The van der Waals surface area contributed by atoms with Gasteiger partial charge in [0.15, 0.2) is 0 Å². The van der Waals surface area contributed by atoms with Crippen LogP contribution in [0.25, 0.3) is 0 Å². The lowest BCUT2D eigenvalue weighted by Gasteiger charge is -2.14. The summed E-state index contributed by atoms with van der Waals surface area (Å²) in [6, 6.07) is 0. The molecule has 0 aliphatic carbocycles. The zero-order valence-corrected chi connectivity index (χ0v) is 11.4. The van der Waals surface area contributed by atoms with Crippen molar-refractivity contribution in [2.45, 2.75) is 32.8 Å². The second kappa shape index (κ2) is 9.45. The van der Waals surface area contributed by atoms with E-state index in [0.29, 0.717) is 19.6 Å². The third-order valence-corrected chi connectivity index (χ3v) is 2.45. The monoisotopic (exact) mass is 262 g/mol. The van der Waals surface area contributed by atoms with Crippen LogP contribution in [0.5, 0.6) is 0 Å². The number of amides is 1. The maximum atomic E-state index is 11.4. The molecule has 0 saturated heterocycles. The van der Waals surface area contributed by atoms with Gasteiger partial charge in [0.05, 0.1) is 12.7 Å². The van der Waals surface area contributed by atoms with Crippen LogP contribution < -0.4 is 10.6 Å². The van der Waals surface area contributed by atoms with Gasteiger partial charge in [-0.3, -0.25) is 4.79 Å². The molecule has 0 saturated carbocycles. The highest BCUT2D eigenvalue weighted by Crippen LogP contribution is 2.02. The summed E-state index contributed by atoms with van der Waals surface area (Å²) >= 11 is 0. The van der Waals surface area contributed by atoms with Gasteiger partial charge in [-0.2, -0.15) is 0 Å². The highest BCUT2D eigenvalue weighted by atomic mass is 35.5. The minimum Gasteiger partial charge on any atom is -0.378 e. The van der Waals surface area contributed by atoms with Crippen molar-refractivity contribution in [2.24, 2.45) is 0 Å². The van der Waals surface area contributed by atoms with Gasteiger partial charge in [-0.25, -0.2) is 0 Å². The summed E-state index contributed by atoms with van der Waals surface area (Å²) in [6.45, 7) is 7.06. The van der Waals surface area contributed by atoms with E-state index in [1.165, 1.54) is 5.57 Å². The van der Waals surface area contributed by atoms with E-state index in [2.05, 4.69) is 16.7 Å². The third kappa shape index (κ3) is 8.18. The molecule has 0 atom stereocenters. The zero-order chi connectivity index (χ0) is 11.8. The molecule has 0 aromatic carbocycles. The summed E-state index contributed by atoms with van der Waals surface area (Å²) in [5.41, 5.74) is 1.32. The molecule has 2 N–H and O–H groups in total. The van der Waals surface area contributed by atoms with E-state index in [0.717, 1.165) is 19.5 Å². The molecule has 1 aliphatic rings. The van der Waals surface area contributed by atoms with Crippen LogP contribution in [0.15, 0.2) is 11.6 Å². The highest BCUT2D eigenvalue weighted by molar-refractivity contribution is 5.85. The van der Waals surface area contributed by atoms with Crippen molar-refractivity contribution in [3.63, 3.8) is 0 Å². The number of hydrogen-bond donors (Lipinski definition) is 2. The fourth-order valence-electron chi connectivity index (χ4n) is 1.52. The van der Waals surface area contributed by atoms with Crippen LogP contribution in [0.4, 0.5) is 0 Å². The second-order valence-corrected chi connectivity index (χ2v) is 4.26. The van der Waals surface area contributed by atoms with Crippen molar-refractivity contribution in [2.75, 3.05) is 26.2 Å². The van der Waals surface area contributed by atoms with Crippen LogP contribution in [0.2, 0.25) is 0 Å². The number of carbonyl (C=O) groups excluding carboxylic acids is 1. The highest BCUT2D eigenvalue weighted by Gasteiger charge is 2.05. The third-order valence-electron chi connectivity index (χ3n) is 2.45. The lowest BCUT2D eigenvalue weighted by molar-refractivity contribution is -0.122. The molecule has 0 aromatic heterocycles. The fraction of sp³-hybridized carbons (Fsp3) is 0.750. The van der Waals surface area contributed by atoms with Crippen LogP contribution in [-0.2, 0) is 9.53 Å². The number of rotatable bonds is 6. The van der Waals surface area contributed by atoms with E-state index in [9.17, 15) is 4.79 Å². The van der Waals surface area contributed by atoms with Gasteiger partial charge < -0.3 is 15.4 Å². The Morgan fingerprint density at radius 2 is 2.35 bits per heavy atom. The van der Waals surface area contributed by atoms with Gasteiger partial charge in [0.2, 0.25) is 5.91 Å². The molecule has 4 nitrogen and oxygen atoms in total. The van der Waals surface area contributed by atoms with Crippen LogP contribution in [0, 0.1) is 0 Å². The van der Waals surface area contributed by atoms with Crippen molar-refractivity contribution >= 4 is 18.3 Å². The molecule has 1 rings (SSSR count). The molecule has 100 valence electrons. The van der Waals surface area contributed by atoms with Gasteiger partial charge in [0.1, 0.15) is 0 Å². The van der Waals surface area contributed by atoms with E-state index in [1.807, 2.05) is 13.8 Å². The Morgan fingerprint density at radius 1 is 1.59 bits per heavy atom. The number of hydrogen-bond acceptors (Lipinski definition) is 3. The van der Waals surface area contributed by atoms with Crippen LogP contribution in [0.3, 0.4) is 0 Å². The molecule has 0 aromatic rings. The lowest BCUT2D eigenvalue weighted by atomic mass is 10.1. The predicted molar refractivity (Wildman–Crippen MR) is 71.5 cm³/mol. The van der Waals surface area contributed by atoms with E-state index in [4.69, 9.17) is 4.74 Å². The normalized spacial score (nSPS) is 15.1. The van der Waals surface area contributed by atoms with Gasteiger partial charge in [0, 0.05) is 19.5 Å². The average Bonchev–Trinajstić information content (AvgIpc) is 2.27. The summed E-state index contributed by atoms with van der Waals surface area (Å²) < 4.78 is 5.32. The van der Waals surface area contributed by atoms with Crippen molar-refractivity contribution in [3.05, 3.63) is 11.6 Å². The van der Waals surface area contributed by atoms with Gasteiger partial charge in [-0.1, -0.05) is 11.6 Å². The maximum absolute atomic E-state index is 11.4. The molecule has 0 bridgehead atoms. The first-order chi connectivity index (χ1) is 7.68. The topological polar surface area (TPSA) is 50.4 Å². The number of nitrogens with one attached hydrogen (secondary N) is 2. The molecule has 1 heterocycles. The van der Waals surface area contributed by atoms with Crippen LogP contribution >= 0.6 is 12.4 Å². The number of carbonyl (C=O) groups is 1. The van der Waals surface area contributed by atoms with E-state index in [1.54, 1.807) is 0 Å². The first-order valence-electron chi connectivity index (χ1n) is 5.95. The molecule has 5 heteroatoms. The summed E-state index contributed by atoms with van der Waals surface area (Å²) in [5, 5.41) is 6.15. The SMILES string of the molecule is CC(C)OCCC(=O)NCC1=CCNCC1.Cl. The summed E-state index contributed by atoms with van der Waals surface area (Å²) in [6.07, 6.45) is 3.82. The standard InChI is InChI=1S/C12H22N2O2.ClH/c1-10(2)16-8-5-12(15)14-9-11-3-6-13-7-4-11;/h3,10,13H,4-9H2,1-2H3,(H,14,15);1H. The number of ether oxygens (including phenoxy) is 1. The van der Waals surface area contributed by atoms with Crippen LogP contribution in [0.1, 0.15) is 26.7 Å². The minimum absolute atomic E-state index is 0. The average molecular weight is 263 g/mol. The van der Waals surface area contributed by atoms with Gasteiger partial charge >= 0.3 is 0 Å². The van der Waals surface area contributed by atoms with Crippen LogP contribution in [-0.4, -0.2) is 38.3 Å². The Balaban J connectivity index is 0.00000256. The van der Waals surface area contributed by atoms with Crippen molar-refractivity contribution in [1.29, 1.82) is 0 Å². The Bertz CT molecular complexity index is 255. The molecular weight excluding hydrogens is 240 g/mol. The first kappa shape index (κ1) is 16.4. The molecule has 0 unspecified atom stereocenters. The van der Waals surface area contributed by atoms with E-state index in [-0.39, 0.29) is 24.4 Å². The molecular formula is C12H23ClN2O2. The second-order valence-electron chi connectivity index (χ2n) is 4.26. The summed E-state index contributed by atoms with van der Waals surface area (Å²) in [5.74, 6) is 0.0695. The van der Waals surface area contributed by atoms with E-state index < -0.39 is 0 Å². The van der Waals surface area contributed by atoms with Gasteiger partial charge in [-0.05, 0) is 26.8 Å². The molecule has 1 aliphatic heterocycles. The Morgan fingerprint density at radius 3 is 2.94 bits per heavy atom. The maximum Gasteiger partial charge on any atom is 0.222 e. The van der Waals surface area contributed by atoms with Crippen molar-refractivity contribution in [3.8, 4) is 0 Å². The van der Waals surface area contributed by atoms with E-state index >= 15 is 0 Å². The molecule has 0 fully saturated rings. The quantitative estimate of drug-likeness (QED) is 0.709. The predicted octanol–water partition coefficient (Wildman–Crippen LogP) is 1.26. The van der Waals surface area contributed by atoms with Crippen molar-refractivity contribution < 1.29 is 9.53 Å². The zero-order valence-electron chi connectivity index (χ0n) is 10.6. The Hall–Kier alpha value is -0.580. The lowest BCUT2D eigenvalue weighted by Crippen LogP contribution is -2.30. The summed E-state index contributed by atoms with van der Waals surface area (Å²) in [7, 11) is 0. The number of halogens is 1. The molecule has 0 radical (unpaired) electrons. The first-order valence-corrected chi connectivity index (χ1v) is 5.95. The van der Waals surface area contributed by atoms with Crippen molar-refractivity contribution in [1.82, 2.24) is 10.6 Å². The molecule has 1 amide bonds. The largest absolute Gasteiger partial charge is 0.378 e. The van der Waals surface area contributed by atoms with Gasteiger partial charge in [0.25, 0.3) is 0 Å². The fourth-order valence-corrected chi connectivity index (χ4v) is 1.52. The Labute approximate surface area is 110 Å². The summed E-state index contributed by atoms with van der Waals surface area (Å²) in [4.78, 5) is 11.4. The molecule has 17 heavy (non-hydrogen) atoms.